The molecule has 1 N–H and O–H groups in total. The topological polar surface area (TPSA) is 49.8 Å². The molecule has 3 rings (SSSR count). The number of hydrogen-bond donors (Lipinski definition) is 1. The zero-order valence-corrected chi connectivity index (χ0v) is 17.1. The summed E-state index contributed by atoms with van der Waals surface area (Å²) in [5, 5.41) is 8.78. The maximum Gasteiger partial charge on any atom is 0.331 e. The van der Waals surface area contributed by atoms with Crippen molar-refractivity contribution in [3.05, 3.63) is 54.8 Å². The largest absolute Gasteiger partial charge is 0.478 e. The molecule has 0 saturated heterocycles. The fraction of sp³-hybridized carbons (Fsp3) is 0.286. The Labute approximate surface area is 168 Å². The number of nitrogens with zero attached hydrogens (tertiary/aromatic N) is 1. The highest BCUT2D eigenvalue weighted by atomic mass is 32.2. The summed E-state index contributed by atoms with van der Waals surface area (Å²) < 4.78 is 5.63. The number of carboxylic acid groups (broad SMARTS) is 1. The van der Waals surface area contributed by atoms with Crippen molar-refractivity contribution in [1.29, 1.82) is 0 Å². The van der Waals surface area contributed by atoms with E-state index in [1.54, 1.807) is 11.8 Å². The molecular weight excluding hydrogens is 378 g/mol. The summed E-state index contributed by atoms with van der Waals surface area (Å²) in [5.74, 6) is 1.31. The van der Waals surface area contributed by atoms with E-state index in [0.29, 0.717) is 11.7 Å². The molecule has 2 aromatic rings. The first-order valence-electron chi connectivity index (χ1n) is 8.86. The van der Waals surface area contributed by atoms with Crippen molar-refractivity contribution in [2.45, 2.75) is 23.1 Å². The van der Waals surface area contributed by atoms with E-state index in [4.69, 9.17) is 9.84 Å². The monoisotopic (exact) mass is 401 g/mol. The number of para-hydroxylation sites is 1. The van der Waals surface area contributed by atoms with Crippen LogP contribution in [0.2, 0.25) is 0 Å². The van der Waals surface area contributed by atoms with Gasteiger partial charge < -0.3 is 14.7 Å². The van der Waals surface area contributed by atoms with Crippen LogP contribution in [0.1, 0.15) is 13.3 Å². The fourth-order valence-corrected chi connectivity index (χ4v) is 4.79. The average molecular weight is 402 g/mol. The quantitative estimate of drug-likeness (QED) is 0.383. The van der Waals surface area contributed by atoms with Crippen LogP contribution in [0.4, 0.5) is 11.4 Å². The minimum atomic E-state index is -1.02. The number of fused-ring (bicyclic) bond motifs is 1. The van der Waals surface area contributed by atoms with E-state index < -0.39 is 5.97 Å². The van der Waals surface area contributed by atoms with Crippen molar-refractivity contribution in [2.75, 3.05) is 23.5 Å². The third kappa shape index (κ3) is 4.82. The number of rotatable bonds is 6. The number of carboxylic acids is 1. The van der Waals surface area contributed by atoms with Gasteiger partial charge in [0.25, 0.3) is 0 Å². The van der Waals surface area contributed by atoms with E-state index in [2.05, 4.69) is 42.2 Å². The van der Waals surface area contributed by atoms with E-state index in [9.17, 15) is 4.79 Å². The Morgan fingerprint density at radius 3 is 2.81 bits per heavy atom. The van der Waals surface area contributed by atoms with Gasteiger partial charge in [0, 0.05) is 22.9 Å². The first kappa shape index (κ1) is 19.7. The average Bonchev–Trinajstić information content (AvgIpc) is 2.86. The number of hydrogen-bond acceptors (Lipinski definition) is 5. The Hall–Kier alpha value is -2.05. The second kappa shape index (κ2) is 9.24. The Morgan fingerprint density at radius 2 is 2.15 bits per heavy atom. The molecule has 0 amide bonds. The van der Waals surface area contributed by atoms with Gasteiger partial charge in [0.2, 0.25) is 0 Å². The minimum absolute atomic E-state index is 0.594. The first-order chi connectivity index (χ1) is 13.1. The van der Waals surface area contributed by atoms with Crippen molar-refractivity contribution in [3.8, 4) is 5.75 Å². The van der Waals surface area contributed by atoms with Gasteiger partial charge in [0.1, 0.15) is 5.75 Å². The van der Waals surface area contributed by atoms with E-state index >= 15 is 0 Å². The second-order valence-corrected chi connectivity index (χ2v) is 8.17. The molecule has 0 radical (unpaired) electrons. The minimum Gasteiger partial charge on any atom is -0.478 e. The second-order valence-electron chi connectivity index (χ2n) is 6.26. The third-order valence-electron chi connectivity index (χ3n) is 4.50. The van der Waals surface area contributed by atoms with Gasteiger partial charge in [-0.25, -0.2) is 4.79 Å². The van der Waals surface area contributed by atoms with Crippen LogP contribution in [0.3, 0.4) is 0 Å². The molecule has 1 aliphatic heterocycles. The molecular formula is C21H23NO3S2. The summed E-state index contributed by atoms with van der Waals surface area (Å²) >= 11 is 3.44. The molecule has 142 valence electrons. The zero-order chi connectivity index (χ0) is 19.2. The molecule has 0 spiro atoms. The molecule has 4 nitrogen and oxygen atoms in total. The maximum absolute atomic E-state index is 10.7. The molecule has 0 bridgehead atoms. The van der Waals surface area contributed by atoms with Gasteiger partial charge in [0.15, 0.2) is 0 Å². The van der Waals surface area contributed by atoms with Crippen molar-refractivity contribution in [2.24, 2.45) is 5.92 Å². The van der Waals surface area contributed by atoms with Crippen LogP contribution in [-0.4, -0.2) is 29.6 Å². The molecule has 1 unspecified atom stereocenters. The van der Waals surface area contributed by atoms with Crippen LogP contribution in [0, 0.1) is 5.92 Å². The molecule has 1 heterocycles. The van der Waals surface area contributed by atoms with E-state index in [-0.39, 0.29) is 0 Å². The zero-order valence-electron chi connectivity index (χ0n) is 15.4. The van der Waals surface area contributed by atoms with Gasteiger partial charge in [-0.15, -0.1) is 23.5 Å². The van der Waals surface area contributed by atoms with Crippen LogP contribution in [0.5, 0.6) is 5.75 Å². The molecule has 0 aliphatic carbocycles. The van der Waals surface area contributed by atoms with Crippen LogP contribution in [0.25, 0.3) is 0 Å². The predicted molar refractivity (Wildman–Crippen MR) is 114 cm³/mol. The molecule has 0 saturated carbocycles. The fourth-order valence-electron chi connectivity index (χ4n) is 2.99. The summed E-state index contributed by atoms with van der Waals surface area (Å²) in [7, 11) is 0. The SMILES string of the molecule is CCC1CSc2cc(O/C=C/C(=O)O)c(SC)cc2N(c2ccccc2)C1. The lowest BCUT2D eigenvalue weighted by Crippen LogP contribution is -2.24. The molecule has 2 aromatic carbocycles. The van der Waals surface area contributed by atoms with Crippen molar-refractivity contribution < 1.29 is 14.6 Å². The van der Waals surface area contributed by atoms with Crippen LogP contribution >= 0.6 is 23.5 Å². The Bertz CT molecular complexity index is 824. The molecule has 27 heavy (non-hydrogen) atoms. The van der Waals surface area contributed by atoms with Gasteiger partial charge in [-0.05, 0) is 36.4 Å². The summed E-state index contributed by atoms with van der Waals surface area (Å²) in [6.07, 6.45) is 5.37. The van der Waals surface area contributed by atoms with Crippen molar-refractivity contribution >= 4 is 40.9 Å². The lowest BCUT2D eigenvalue weighted by Gasteiger charge is -2.28. The lowest BCUT2D eigenvalue weighted by atomic mass is 10.1. The first-order valence-corrected chi connectivity index (χ1v) is 11.1. The molecule has 0 aromatic heterocycles. The number of anilines is 2. The normalized spacial score (nSPS) is 16.8. The van der Waals surface area contributed by atoms with Crippen molar-refractivity contribution in [3.63, 3.8) is 0 Å². The smallest absolute Gasteiger partial charge is 0.331 e. The summed E-state index contributed by atoms with van der Waals surface area (Å²) in [6, 6.07) is 14.6. The lowest BCUT2D eigenvalue weighted by molar-refractivity contribution is -0.131. The summed E-state index contributed by atoms with van der Waals surface area (Å²) in [5.41, 5.74) is 2.37. The highest BCUT2D eigenvalue weighted by Crippen LogP contribution is 2.45. The van der Waals surface area contributed by atoms with E-state index in [0.717, 1.165) is 34.6 Å². The molecule has 1 aliphatic rings. The van der Waals surface area contributed by atoms with E-state index in [1.807, 2.05) is 30.2 Å². The number of carbonyl (C=O) groups is 1. The van der Waals surface area contributed by atoms with Crippen LogP contribution < -0.4 is 9.64 Å². The molecule has 0 fully saturated rings. The predicted octanol–water partition coefficient (Wildman–Crippen LogP) is 5.66. The van der Waals surface area contributed by atoms with Gasteiger partial charge in [-0.2, -0.15) is 0 Å². The summed E-state index contributed by atoms with van der Waals surface area (Å²) in [4.78, 5) is 15.2. The Kier molecular flexibility index (Phi) is 6.74. The van der Waals surface area contributed by atoms with E-state index in [1.165, 1.54) is 17.6 Å². The van der Waals surface area contributed by atoms with Crippen LogP contribution in [0.15, 0.2) is 64.6 Å². The van der Waals surface area contributed by atoms with Gasteiger partial charge in [-0.1, -0.05) is 31.5 Å². The van der Waals surface area contributed by atoms with Crippen molar-refractivity contribution in [1.82, 2.24) is 0 Å². The standard InChI is InChI=1S/C21H23NO3S2/c1-3-15-13-22(16-7-5-4-6-8-16)17-11-20(26-2)18(12-19(17)27-14-15)25-10-9-21(23)24/h4-12,15H,3,13-14H2,1-2H3,(H,23,24)/b10-9+. The summed E-state index contributed by atoms with van der Waals surface area (Å²) in [6.45, 7) is 3.22. The maximum atomic E-state index is 10.7. The number of aliphatic carboxylic acids is 1. The van der Waals surface area contributed by atoms with Gasteiger partial charge >= 0.3 is 5.97 Å². The van der Waals surface area contributed by atoms with Crippen LogP contribution in [-0.2, 0) is 4.79 Å². The molecule has 1 atom stereocenters. The highest BCUT2D eigenvalue weighted by Gasteiger charge is 2.24. The Morgan fingerprint density at radius 1 is 1.37 bits per heavy atom. The highest BCUT2D eigenvalue weighted by molar-refractivity contribution is 7.99. The molecule has 6 heteroatoms. The third-order valence-corrected chi connectivity index (χ3v) is 6.54. The van der Waals surface area contributed by atoms with Gasteiger partial charge in [-0.3, -0.25) is 0 Å². The number of thioether (sulfide) groups is 2. The van der Waals surface area contributed by atoms with Gasteiger partial charge in [0.05, 0.1) is 22.9 Å². The number of ether oxygens (including phenoxy) is 1. The Balaban J connectivity index is 2.03. The number of benzene rings is 2.